The van der Waals surface area contributed by atoms with Crippen LogP contribution in [-0.4, -0.2) is 35.5 Å². The molecule has 1 saturated heterocycles. The summed E-state index contributed by atoms with van der Waals surface area (Å²) in [5.74, 6) is 1.22. The second-order valence-corrected chi connectivity index (χ2v) is 5.78. The van der Waals surface area contributed by atoms with E-state index in [-0.39, 0.29) is 5.60 Å². The normalized spacial score (nSPS) is 23.2. The van der Waals surface area contributed by atoms with Crippen LogP contribution in [-0.2, 0) is 11.3 Å². The molecular formula is C13H24N4O2. The Morgan fingerprint density at radius 1 is 1.37 bits per heavy atom. The number of hydrogen-bond donors (Lipinski definition) is 2. The molecule has 2 N–H and O–H groups in total. The van der Waals surface area contributed by atoms with Gasteiger partial charge in [-0.15, -0.1) is 5.10 Å². The van der Waals surface area contributed by atoms with Gasteiger partial charge in [0, 0.05) is 13.2 Å². The van der Waals surface area contributed by atoms with E-state index < -0.39 is 0 Å². The molecule has 1 aliphatic heterocycles. The highest BCUT2D eigenvalue weighted by Crippen LogP contribution is 2.25. The van der Waals surface area contributed by atoms with Crippen molar-refractivity contribution in [2.24, 2.45) is 5.92 Å². The zero-order valence-electron chi connectivity index (χ0n) is 12.0. The van der Waals surface area contributed by atoms with E-state index in [1.54, 1.807) is 0 Å². The molecule has 2 heterocycles. The van der Waals surface area contributed by atoms with E-state index in [4.69, 9.17) is 9.15 Å². The maximum absolute atomic E-state index is 5.70. The van der Waals surface area contributed by atoms with Crippen LogP contribution in [0.1, 0.15) is 39.5 Å². The maximum atomic E-state index is 5.70. The van der Waals surface area contributed by atoms with Gasteiger partial charge < -0.3 is 19.8 Å². The van der Waals surface area contributed by atoms with Crippen LogP contribution in [0.5, 0.6) is 0 Å². The summed E-state index contributed by atoms with van der Waals surface area (Å²) in [7, 11) is 0. The average Bonchev–Trinajstić information content (AvgIpc) is 2.96. The van der Waals surface area contributed by atoms with Gasteiger partial charge in [0.25, 0.3) is 0 Å². The minimum Gasteiger partial charge on any atom is -0.407 e. The van der Waals surface area contributed by atoms with Crippen molar-refractivity contribution in [3.63, 3.8) is 0 Å². The lowest BCUT2D eigenvalue weighted by Crippen LogP contribution is -2.32. The van der Waals surface area contributed by atoms with Crippen LogP contribution in [0.25, 0.3) is 0 Å². The Morgan fingerprint density at radius 3 is 2.89 bits per heavy atom. The summed E-state index contributed by atoms with van der Waals surface area (Å²) in [5.41, 5.74) is -0.107. The second kappa shape index (κ2) is 6.34. The Morgan fingerprint density at radius 2 is 2.21 bits per heavy atom. The third-order valence-corrected chi connectivity index (χ3v) is 3.21. The predicted octanol–water partition coefficient (Wildman–Crippen LogP) is 1.80. The molecule has 6 heteroatoms. The molecule has 0 spiro atoms. The van der Waals surface area contributed by atoms with Gasteiger partial charge in [0.15, 0.2) is 0 Å². The number of anilines is 1. The third-order valence-electron chi connectivity index (χ3n) is 3.21. The van der Waals surface area contributed by atoms with Crippen LogP contribution in [0.2, 0.25) is 0 Å². The largest absolute Gasteiger partial charge is 0.407 e. The first-order valence-electron chi connectivity index (χ1n) is 6.98. The van der Waals surface area contributed by atoms with Crippen molar-refractivity contribution in [1.29, 1.82) is 0 Å². The lowest BCUT2D eigenvalue weighted by atomic mass is 10.0. The monoisotopic (exact) mass is 268 g/mol. The van der Waals surface area contributed by atoms with Crippen molar-refractivity contribution in [3.8, 4) is 0 Å². The molecule has 1 aliphatic rings. The number of nitrogens with one attached hydrogen (secondary N) is 2. The summed E-state index contributed by atoms with van der Waals surface area (Å²) in [6, 6.07) is 0.470. The van der Waals surface area contributed by atoms with Crippen LogP contribution in [0.15, 0.2) is 4.42 Å². The molecule has 2 rings (SSSR count). The van der Waals surface area contributed by atoms with Gasteiger partial charge in [-0.2, -0.15) is 0 Å². The van der Waals surface area contributed by atoms with Gasteiger partial charge in [-0.05, 0) is 32.2 Å². The van der Waals surface area contributed by atoms with Crippen molar-refractivity contribution in [1.82, 2.24) is 15.5 Å². The Kier molecular flexibility index (Phi) is 4.76. The summed E-state index contributed by atoms with van der Waals surface area (Å²) in [6.45, 7) is 9.53. The number of rotatable bonds is 7. The van der Waals surface area contributed by atoms with Gasteiger partial charge in [0.2, 0.25) is 5.89 Å². The van der Waals surface area contributed by atoms with E-state index in [0.29, 0.717) is 30.9 Å². The maximum Gasteiger partial charge on any atom is 0.315 e. The Balaban J connectivity index is 1.74. The smallest absolute Gasteiger partial charge is 0.315 e. The van der Waals surface area contributed by atoms with Gasteiger partial charge in [0.05, 0.1) is 12.1 Å². The molecule has 1 fully saturated rings. The second-order valence-electron chi connectivity index (χ2n) is 5.78. The molecule has 0 bridgehead atoms. The molecule has 0 aromatic carbocycles. The van der Waals surface area contributed by atoms with E-state index in [1.807, 2.05) is 0 Å². The van der Waals surface area contributed by atoms with Gasteiger partial charge in [-0.1, -0.05) is 18.9 Å². The zero-order valence-corrected chi connectivity index (χ0v) is 12.0. The van der Waals surface area contributed by atoms with Crippen LogP contribution < -0.4 is 10.6 Å². The molecule has 108 valence electrons. The molecular weight excluding hydrogens is 244 g/mol. The highest BCUT2D eigenvalue weighted by molar-refractivity contribution is 5.18. The van der Waals surface area contributed by atoms with Crippen molar-refractivity contribution < 1.29 is 9.15 Å². The Bertz CT molecular complexity index is 386. The summed E-state index contributed by atoms with van der Waals surface area (Å²) >= 11 is 0. The fourth-order valence-corrected chi connectivity index (χ4v) is 2.10. The standard InChI is InChI=1S/C13H24N4O2/c1-10(2)7-14-8-11-16-17-12(19-11)15-9-13(3)5-4-6-18-13/h10,14H,4-9H2,1-3H3,(H,15,17). The highest BCUT2D eigenvalue weighted by atomic mass is 16.5. The summed E-state index contributed by atoms with van der Waals surface area (Å²) in [4.78, 5) is 0. The summed E-state index contributed by atoms with van der Waals surface area (Å²) < 4.78 is 11.2. The van der Waals surface area contributed by atoms with Crippen LogP contribution in [0.3, 0.4) is 0 Å². The molecule has 0 amide bonds. The molecule has 19 heavy (non-hydrogen) atoms. The third kappa shape index (κ3) is 4.47. The molecule has 1 aromatic rings. The average molecular weight is 268 g/mol. The zero-order chi connectivity index (χ0) is 13.7. The molecule has 0 radical (unpaired) electrons. The summed E-state index contributed by atoms with van der Waals surface area (Å²) in [5, 5.41) is 14.4. The molecule has 1 unspecified atom stereocenters. The van der Waals surface area contributed by atoms with E-state index in [2.05, 4.69) is 41.6 Å². The molecule has 0 aliphatic carbocycles. The number of ether oxygens (including phenoxy) is 1. The van der Waals surface area contributed by atoms with Gasteiger partial charge in [0.1, 0.15) is 0 Å². The molecule has 1 atom stereocenters. The van der Waals surface area contributed by atoms with Gasteiger partial charge in [-0.25, -0.2) is 0 Å². The van der Waals surface area contributed by atoms with E-state index in [0.717, 1.165) is 26.0 Å². The number of hydrogen-bond acceptors (Lipinski definition) is 6. The van der Waals surface area contributed by atoms with E-state index >= 15 is 0 Å². The number of aromatic nitrogens is 2. The van der Waals surface area contributed by atoms with Crippen LogP contribution in [0, 0.1) is 5.92 Å². The highest BCUT2D eigenvalue weighted by Gasteiger charge is 2.29. The lowest BCUT2D eigenvalue weighted by molar-refractivity contribution is 0.0311. The molecule has 1 aromatic heterocycles. The van der Waals surface area contributed by atoms with Crippen molar-refractivity contribution in [2.75, 3.05) is 25.0 Å². The quantitative estimate of drug-likeness (QED) is 0.785. The van der Waals surface area contributed by atoms with E-state index in [1.165, 1.54) is 0 Å². The minimum absolute atomic E-state index is 0.107. The topological polar surface area (TPSA) is 72.2 Å². The minimum atomic E-state index is -0.107. The Labute approximate surface area is 114 Å². The van der Waals surface area contributed by atoms with Crippen molar-refractivity contribution >= 4 is 6.01 Å². The molecule has 0 saturated carbocycles. The first-order chi connectivity index (χ1) is 9.07. The van der Waals surface area contributed by atoms with Gasteiger partial charge in [-0.3, -0.25) is 0 Å². The SMILES string of the molecule is CC(C)CNCc1nnc(NCC2(C)CCCO2)o1. The molecule has 6 nitrogen and oxygen atoms in total. The first-order valence-corrected chi connectivity index (χ1v) is 6.98. The van der Waals surface area contributed by atoms with Crippen LogP contribution in [0.4, 0.5) is 6.01 Å². The van der Waals surface area contributed by atoms with Crippen molar-refractivity contribution in [3.05, 3.63) is 5.89 Å². The van der Waals surface area contributed by atoms with Crippen LogP contribution >= 0.6 is 0 Å². The van der Waals surface area contributed by atoms with E-state index in [9.17, 15) is 0 Å². The first kappa shape index (κ1) is 14.3. The van der Waals surface area contributed by atoms with Crippen molar-refractivity contribution in [2.45, 2.75) is 45.8 Å². The predicted molar refractivity (Wildman–Crippen MR) is 72.9 cm³/mol. The fraction of sp³-hybridized carbons (Fsp3) is 0.846. The lowest BCUT2D eigenvalue weighted by Gasteiger charge is -2.22. The fourth-order valence-electron chi connectivity index (χ4n) is 2.10. The Hall–Kier alpha value is -1.14. The van der Waals surface area contributed by atoms with Gasteiger partial charge >= 0.3 is 6.01 Å². The number of nitrogens with zero attached hydrogens (tertiary/aromatic N) is 2. The summed E-state index contributed by atoms with van der Waals surface area (Å²) in [6.07, 6.45) is 2.18.